The quantitative estimate of drug-likeness (QED) is 0.126. The molecule has 4 rings (SSSR count). The van der Waals surface area contributed by atoms with Crippen molar-refractivity contribution in [3.05, 3.63) is 101 Å². The second-order valence-corrected chi connectivity index (χ2v) is 10.9. The number of unbranched alkanes of at least 4 members (excludes halogenated alkanes) is 1. The molecule has 236 valence electrons. The molecule has 3 aromatic carbocycles. The highest BCUT2D eigenvalue weighted by Gasteiger charge is 2.40. The van der Waals surface area contributed by atoms with Crippen LogP contribution in [0, 0.1) is 11.6 Å². The molecule has 44 heavy (non-hydrogen) atoms. The minimum absolute atomic E-state index is 0.0385. The third-order valence-electron chi connectivity index (χ3n) is 7.73. The van der Waals surface area contributed by atoms with Crippen molar-refractivity contribution >= 4 is 12.0 Å². The van der Waals surface area contributed by atoms with Crippen molar-refractivity contribution in [3.63, 3.8) is 0 Å². The Morgan fingerprint density at radius 2 is 1.59 bits per heavy atom. The zero-order chi connectivity index (χ0) is 31.7. The van der Waals surface area contributed by atoms with Crippen molar-refractivity contribution in [1.29, 1.82) is 0 Å². The highest BCUT2D eigenvalue weighted by atomic mass is 19.4. The lowest BCUT2D eigenvalue weighted by molar-refractivity contribution is -0.141. The van der Waals surface area contributed by atoms with Crippen LogP contribution in [0.4, 0.5) is 26.7 Å². The van der Waals surface area contributed by atoms with Gasteiger partial charge in [-0.2, -0.15) is 13.2 Å². The predicted octanol–water partition coefficient (Wildman–Crippen LogP) is 7.43. The van der Waals surface area contributed by atoms with Gasteiger partial charge in [0.15, 0.2) is 11.6 Å². The molecule has 1 fully saturated rings. The molecular formula is C33H35F5N2O4. The topological polar surface area (TPSA) is 76.7 Å². The lowest BCUT2D eigenvalue weighted by atomic mass is 9.77. The largest absolute Gasteiger partial charge is 0.491 e. The first-order chi connectivity index (χ1) is 21.0. The smallest absolute Gasteiger partial charge is 0.416 e. The number of alkyl halides is 3. The number of hydrogen-bond donors (Lipinski definition) is 2. The van der Waals surface area contributed by atoms with E-state index in [1.807, 2.05) is 0 Å². The van der Waals surface area contributed by atoms with Crippen LogP contribution >= 0.6 is 0 Å². The number of halogens is 5. The molecule has 6 nitrogen and oxygen atoms in total. The Morgan fingerprint density at radius 1 is 0.886 bits per heavy atom. The monoisotopic (exact) mass is 618 g/mol. The summed E-state index contributed by atoms with van der Waals surface area (Å²) in [6.07, 6.45) is -0.617. The molecule has 0 radical (unpaired) electrons. The summed E-state index contributed by atoms with van der Waals surface area (Å²) in [5, 5.41) is 5.77. The summed E-state index contributed by atoms with van der Waals surface area (Å²) >= 11 is 0. The van der Waals surface area contributed by atoms with Gasteiger partial charge in [0.2, 0.25) is 0 Å². The molecule has 0 aliphatic heterocycles. The van der Waals surface area contributed by atoms with Crippen molar-refractivity contribution < 1.29 is 41.0 Å². The molecule has 2 N–H and O–H groups in total. The first-order valence-corrected chi connectivity index (χ1v) is 14.5. The maximum absolute atomic E-state index is 15.0. The fraction of sp³-hybridized carbons (Fsp3) is 0.394. The molecule has 0 spiro atoms. The molecule has 1 aliphatic carbocycles. The van der Waals surface area contributed by atoms with Crippen LogP contribution in [-0.2, 0) is 27.7 Å². The first-order valence-electron chi connectivity index (χ1n) is 14.5. The summed E-state index contributed by atoms with van der Waals surface area (Å²) in [5.41, 5.74) is -2.37. The first kappa shape index (κ1) is 32.8. The van der Waals surface area contributed by atoms with E-state index >= 15 is 0 Å². The van der Waals surface area contributed by atoms with Gasteiger partial charge in [-0.1, -0.05) is 49.2 Å². The van der Waals surface area contributed by atoms with Gasteiger partial charge in [-0.25, -0.2) is 13.6 Å². The number of carbonyl (C=O) groups is 2. The van der Waals surface area contributed by atoms with Crippen molar-refractivity contribution in [2.45, 2.75) is 69.1 Å². The summed E-state index contributed by atoms with van der Waals surface area (Å²) in [4.78, 5) is 24.9. The normalized spacial score (nSPS) is 15.0. The van der Waals surface area contributed by atoms with Crippen LogP contribution in [0.3, 0.4) is 0 Å². The Bertz CT molecular complexity index is 1430. The maximum atomic E-state index is 15.0. The number of methoxy groups -OCH3 is 1. The van der Waals surface area contributed by atoms with Gasteiger partial charge in [0.1, 0.15) is 5.82 Å². The van der Waals surface area contributed by atoms with Crippen LogP contribution in [-0.4, -0.2) is 31.8 Å². The third kappa shape index (κ3) is 8.48. The van der Waals surface area contributed by atoms with Gasteiger partial charge >= 0.3 is 18.2 Å². The molecule has 0 saturated heterocycles. The predicted molar refractivity (Wildman–Crippen MR) is 154 cm³/mol. The number of esters is 1. The number of carbonyl (C=O) groups excluding carboxylic acids is 2. The van der Waals surface area contributed by atoms with E-state index < -0.39 is 34.9 Å². The van der Waals surface area contributed by atoms with E-state index in [0.717, 1.165) is 43.9 Å². The van der Waals surface area contributed by atoms with Gasteiger partial charge < -0.3 is 20.1 Å². The van der Waals surface area contributed by atoms with Crippen molar-refractivity contribution in [1.82, 2.24) is 10.6 Å². The van der Waals surface area contributed by atoms with E-state index in [2.05, 4.69) is 15.4 Å². The molecule has 2 amide bonds. The Kier molecular flexibility index (Phi) is 10.8. The molecule has 1 saturated carbocycles. The fourth-order valence-electron chi connectivity index (χ4n) is 5.48. The van der Waals surface area contributed by atoms with E-state index in [1.165, 1.54) is 19.2 Å². The average Bonchev–Trinajstić information content (AvgIpc) is 3.50. The minimum Gasteiger partial charge on any atom is -0.491 e. The molecule has 1 atom stereocenters. The molecule has 0 bridgehead atoms. The Hall–Kier alpha value is -4.15. The number of rotatable bonds is 12. The lowest BCUT2D eigenvalue weighted by Crippen LogP contribution is -2.53. The Morgan fingerprint density at radius 3 is 2.27 bits per heavy atom. The molecule has 11 heteroatoms. The second-order valence-electron chi connectivity index (χ2n) is 10.9. The SMILES string of the molecule is COC(=O)CCCCOc1cc([C@@](Cc2ccccc2)(NC(=O)NC2CCCC2)c2cc(F)cc(C(F)(F)F)c2)ccc1F. The van der Waals surface area contributed by atoms with Crippen LogP contribution in [0.2, 0.25) is 0 Å². The van der Waals surface area contributed by atoms with Crippen LogP contribution in [0.15, 0.2) is 66.7 Å². The number of ether oxygens (including phenoxy) is 2. The van der Waals surface area contributed by atoms with Crippen molar-refractivity contribution in [2.24, 2.45) is 0 Å². The van der Waals surface area contributed by atoms with Gasteiger partial charge in [-0.05, 0) is 72.7 Å². The highest BCUT2D eigenvalue weighted by molar-refractivity contribution is 5.76. The van der Waals surface area contributed by atoms with E-state index in [9.17, 15) is 31.5 Å². The Labute approximate surface area is 252 Å². The van der Waals surface area contributed by atoms with E-state index in [0.29, 0.717) is 24.5 Å². The summed E-state index contributed by atoms with van der Waals surface area (Å²) < 4.78 is 82.0. The van der Waals surface area contributed by atoms with Crippen LogP contribution < -0.4 is 15.4 Å². The van der Waals surface area contributed by atoms with Gasteiger partial charge in [-0.15, -0.1) is 0 Å². The second kappa shape index (κ2) is 14.5. The van der Waals surface area contributed by atoms with Crippen molar-refractivity contribution in [3.8, 4) is 5.75 Å². The lowest BCUT2D eigenvalue weighted by Gasteiger charge is -2.37. The van der Waals surface area contributed by atoms with Crippen molar-refractivity contribution in [2.75, 3.05) is 13.7 Å². The maximum Gasteiger partial charge on any atom is 0.416 e. The number of nitrogens with one attached hydrogen (secondary N) is 2. The summed E-state index contributed by atoms with van der Waals surface area (Å²) in [6.45, 7) is 0.0385. The number of urea groups is 1. The standard InChI is InChI=1S/C33H35F5N2O4/c1-43-30(41)13-7-8-16-44-29-20-23(14-15-28(29)35)32(21-22-9-3-2-4-10-22,40-31(42)39-27-11-5-6-12-27)24-17-25(33(36,37)38)19-26(34)18-24/h2-4,9-10,14-15,17-20,27H,5-8,11-13,16,21H2,1H3,(H2,39,40,42)/t32-/m1/s1. The molecular weight excluding hydrogens is 583 g/mol. The number of amides is 2. The third-order valence-corrected chi connectivity index (χ3v) is 7.73. The van der Waals surface area contributed by atoms with Gasteiger partial charge in [-0.3, -0.25) is 4.79 Å². The minimum atomic E-state index is -4.87. The molecule has 0 unspecified atom stereocenters. The summed E-state index contributed by atoms with van der Waals surface area (Å²) in [6, 6.07) is 13.8. The van der Waals surface area contributed by atoms with Gasteiger partial charge in [0.25, 0.3) is 0 Å². The zero-order valence-corrected chi connectivity index (χ0v) is 24.3. The van der Waals surface area contributed by atoms with E-state index in [1.54, 1.807) is 30.3 Å². The van der Waals surface area contributed by atoms with E-state index in [-0.39, 0.29) is 48.3 Å². The van der Waals surface area contributed by atoms with E-state index in [4.69, 9.17) is 4.74 Å². The van der Waals surface area contributed by atoms with Crippen LogP contribution in [0.25, 0.3) is 0 Å². The summed E-state index contributed by atoms with van der Waals surface area (Å²) in [7, 11) is 1.28. The Balaban J connectivity index is 1.81. The number of hydrogen-bond acceptors (Lipinski definition) is 4. The van der Waals surface area contributed by atoms with Gasteiger partial charge in [0.05, 0.1) is 24.8 Å². The average molecular weight is 619 g/mol. The highest BCUT2D eigenvalue weighted by Crippen LogP contribution is 2.40. The van der Waals surface area contributed by atoms with Gasteiger partial charge in [0, 0.05) is 18.9 Å². The summed E-state index contributed by atoms with van der Waals surface area (Å²) in [5.74, 6) is -2.47. The molecule has 3 aromatic rings. The fourth-order valence-corrected chi connectivity index (χ4v) is 5.48. The number of benzene rings is 3. The van der Waals surface area contributed by atoms with Crippen LogP contribution in [0.1, 0.15) is 67.2 Å². The molecule has 0 aromatic heterocycles. The van der Waals surface area contributed by atoms with Crippen LogP contribution in [0.5, 0.6) is 5.75 Å². The molecule has 1 aliphatic rings. The zero-order valence-electron chi connectivity index (χ0n) is 24.3. The molecule has 0 heterocycles.